The van der Waals surface area contributed by atoms with E-state index in [0.717, 1.165) is 23.1 Å². The first-order valence-corrected chi connectivity index (χ1v) is 15.7. The summed E-state index contributed by atoms with van der Waals surface area (Å²) in [6, 6.07) is 11.2. The number of nitrogens with one attached hydrogen (secondary N) is 2. The Hall–Kier alpha value is -3.85. The van der Waals surface area contributed by atoms with Crippen molar-refractivity contribution in [2.45, 2.75) is 23.7 Å². The van der Waals surface area contributed by atoms with Crippen LogP contribution in [0.2, 0.25) is 10.0 Å². The zero-order chi connectivity index (χ0) is 29.4. The first kappa shape index (κ1) is 28.3. The van der Waals surface area contributed by atoms with Crippen LogP contribution in [0.5, 0.6) is 0 Å². The average molecular weight is 648 g/mol. The van der Waals surface area contributed by atoms with Gasteiger partial charge in [-0.3, -0.25) is 9.52 Å². The van der Waals surface area contributed by atoms with E-state index in [2.05, 4.69) is 30.3 Å². The van der Waals surface area contributed by atoms with Gasteiger partial charge < -0.3 is 10.2 Å². The van der Waals surface area contributed by atoms with Gasteiger partial charge in [0.15, 0.2) is 10.5 Å². The molecule has 6 rings (SSSR count). The first-order chi connectivity index (χ1) is 20.2. The molecule has 0 spiro atoms. The molecule has 1 aliphatic heterocycles. The second-order valence-corrected chi connectivity index (χ2v) is 12.8. The molecule has 1 saturated heterocycles. The molecule has 4 heterocycles. The quantitative estimate of drug-likeness (QED) is 0.234. The Labute approximate surface area is 253 Å². The molecule has 1 aliphatic rings. The van der Waals surface area contributed by atoms with Crippen LogP contribution in [0.1, 0.15) is 34.7 Å². The van der Waals surface area contributed by atoms with Crippen molar-refractivity contribution < 1.29 is 17.6 Å². The lowest BCUT2D eigenvalue weighted by atomic mass is 9.89. The van der Waals surface area contributed by atoms with Gasteiger partial charge in [0.25, 0.3) is 15.9 Å². The largest absolute Gasteiger partial charge is 0.338 e. The summed E-state index contributed by atoms with van der Waals surface area (Å²) in [7, 11) is -4.14. The van der Waals surface area contributed by atoms with Gasteiger partial charge >= 0.3 is 0 Å². The van der Waals surface area contributed by atoms with Crippen LogP contribution >= 0.6 is 34.5 Å². The molecule has 3 aromatic heterocycles. The molecule has 0 saturated carbocycles. The van der Waals surface area contributed by atoms with Crippen LogP contribution < -0.4 is 10.0 Å². The van der Waals surface area contributed by atoms with Crippen molar-refractivity contribution in [1.82, 2.24) is 29.7 Å². The summed E-state index contributed by atoms with van der Waals surface area (Å²) in [6.45, 7) is 0.918. The number of fused-ring (bicyclic) bond motifs is 1. The highest BCUT2D eigenvalue weighted by molar-refractivity contribution is 7.93. The predicted molar refractivity (Wildman–Crippen MR) is 158 cm³/mol. The molecule has 216 valence electrons. The number of hydrogen-bond acceptors (Lipinski definition) is 9. The number of amides is 1. The number of carbonyl (C=O) groups excluding carboxylic acids is 1. The number of nitrogens with zero attached hydrogens (tertiary/aromatic N) is 6. The predicted octanol–water partition coefficient (Wildman–Crippen LogP) is 5.59. The van der Waals surface area contributed by atoms with Gasteiger partial charge in [0.05, 0.1) is 16.9 Å². The van der Waals surface area contributed by atoms with Gasteiger partial charge in [-0.2, -0.15) is 9.61 Å². The maximum absolute atomic E-state index is 13.9. The molecule has 1 amide bonds. The third-order valence-electron chi connectivity index (χ3n) is 6.90. The smallest absolute Gasteiger partial charge is 0.269 e. The number of rotatable bonds is 7. The number of likely N-dealkylation sites (tertiary alicyclic amines) is 1. The Morgan fingerprint density at radius 2 is 1.83 bits per heavy atom. The minimum Gasteiger partial charge on any atom is -0.338 e. The number of anilines is 3. The standard InChI is InChI=1S/C26H21Cl2FN8O3S2/c27-17-3-6-20(28)21(11-17)33-23-19(25(38)36-9-7-16(8-10-36)15-1-4-18(29)5-2-15)12-30-24-22(13-32-37(23)24)42(39,40)35-26-34-31-14-41-26/h1-6,11-14,16,33H,7-10H2,(H,34,35). The fourth-order valence-electron chi connectivity index (χ4n) is 4.81. The summed E-state index contributed by atoms with van der Waals surface area (Å²) < 4.78 is 43.3. The van der Waals surface area contributed by atoms with Gasteiger partial charge in [0, 0.05) is 24.3 Å². The number of hydrogen-bond donors (Lipinski definition) is 2. The zero-order valence-electron chi connectivity index (χ0n) is 21.5. The SMILES string of the molecule is O=C(c1cnc2c(S(=O)(=O)Nc3nncs3)cnn2c1Nc1cc(Cl)ccc1Cl)N1CCC(c2ccc(F)cc2)CC1. The number of piperidine rings is 1. The van der Waals surface area contributed by atoms with Gasteiger partial charge in [-0.25, -0.2) is 17.8 Å². The zero-order valence-corrected chi connectivity index (χ0v) is 24.7. The van der Waals surface area contributed by atoms with E-state index >= 15 is 0 Å². The number of aromatic nitrogens is 5. The molecule has 0 aliphatic carbocycles. The molecule has 0 unspecified atom stereocenters. The highest BCUT2D eigenvalue weighted by Crippen LogP contribution is 2.33. The topological polar surface area (TPSA) is 134 Å². The molecule has 2 N–H and O–H groups in total. The molecule has 42 heavy (non-hydrogen) atoms. The molecule has 2 aromatic carbocycles. The fourth-order valence-corrected chi connectivity index (χ4v) is 6.90. The van der Waals surface area contributed by atoms with Gasteiger partial charge in [0.2, 0.25) is 5.13 Å². The van der Waals surface area contributed by atoms with Crippen LogP contribution in [0.4, 0.5) is 21.0 Å². The summed E-state index contributed by atoms with van der Waals surface area (Å²) in [5.74, 6) is -0.265. The van der Waals surface area contributed by atoms with Crippen molar-refractivity contribution in [2.24, 2.45) is 0 Å². The van der Waals surface area contributed by atoms with Crippen LogP contribution in [0, 0.1) is 5.82 Å². The lowest BCUT2D eigenvalue weighted by Gasteiger charge is -2.32. The molecule has 0 atom stereocenters. The van der Waals surface area contributed by atoms with Crippen molar-refractivity contribution in [2.75, 3.05) is 23.1 Å². The Morgan fingerprint density at radius 1 is 1.07 bits per heavy atom. The maximum atomic E-state index is 13.9. The second kappa shape index (κ2) is 11.4. The van der Waals surface area contributed by atoms with Crippen molar-refractivity contribution >= 4 is 72.8 Å². The van der Waals surface area contributed by atoms with Gasteiger partial charge in [-0.15, -0.1) is 10.2 Å². The number of carbonyl (C=O) groups is 1. The summed E-state index contributed by atoms with van der Waals surface area (Å²) in [6.07, 6.45) is 3.84. The maximum Gasteiger partial charge on any atom is 0.269 e. The molecule has 0 radical (unpaired) electrons. The molecule has 11 nitrogen and oxygen atoms in total. The van der Waals surface area contributed by atoms with Crippen molar-refractivity contribution in [3.63, 3.8) is 0 Å². The molecular formula is C26H21Cl2FN8O3S2. The minimum atomic E-state index is -4.14. The van der Waals surface area contributed by atoms with E-state index in [1.165, 1.54) is 28.4 Å². The third-order valence-corrected chi connectivity index (χ3v) is 9.53. The first-order valence-electron chi connectivity index (χ1n) is 12.6. The van der Waals surface area contributed by atoms with Crippen LogP contribution in [0.25, 0.3) is 5.65 Å². The van der Waals surface area contributed by atoms with E-state index in [4.69, 9.17) is 23.2 Å². The minimum absolute atomic E-state index is 0.0285. The summed E-state index contributed by atoms with van der Waals surface area (Å²) in [5.41, 5.74) is 2.93. The molecule has 5 aromatic rings. The molecule has 0 bridgehead atoms. The fraction of sp³-hybridized carbons (Fsp3) is 0.192. The number of benzene rings is 2. The van der Waals surface area contributed by atoms with Crippen LogP contribution in [-0.2, 0) is 10.0 Å². The lowest BCUT2D eigenvalue weighted by molar-refractivity contribution is 0.0713. The van der Waals surface area contributed by atoms with Crippen molar-refractivity contribution in [3.05, 3.63) is 87.4 Å². The van der Waals surface area contributed by atoms with Crippen molar-refractivity contribution in [1.29, 1.82) is 0 Å². The Kier molecular flexibility index (Phi) is 7.70. The van der Waals surface area contributed by atoms with Gasteiger partial charge in [-0.05, 0) is 54.7 Å². The Morgan fingerprint density at radius 3 is 2.55 bits per heavy atom. The summed E-state index contributed by atoms with van der Waals surface area (Å²) in [5, 5.41) is 15.6. The third kappa shape index (κ3) is 5.62. The van der Waals surface area contributed by atoms with Crippen molar-refractivity contribution in [3.8, 4) is 0 Å². The summed E-state index contributed by atoms with van der Waals surface area (Å²) in [4.78, 5) is 19.7. The summed E-state index contributed by atoms with van der Waals surface area (Å²) >= 11 is 13.6. The van der Waals surface area contributed by atoms with Crippen LogP contribution in [-0.4, -0.2) is 57.1 Å². The monoisotopic (exact) mass is 646 g/mol. The van der Waals surface area contributed by atoms with Gasteiger partial charge in [-0.1, -0.05) is 46.7 Å². The van der Waals surface area contributed by atoms with E-state index in [0.29, 0.717) is 41.7 Å². The van der Waals surface area contributed by atoms with E-state index in [1.54, 1.807) is 35.2 Å². The molecule has 16 heteroatoms. The van der Waals surface area contributed by atoms with E-state index < -0.39 is 10.0 Å². The molecular weight excluding hydrogens is 626 g/mol. The van der Waals surface area contributed by atoms with Crippen LogP contribution in [0.3, 0.4) is 0 Å². The van der Waals surface area contributed by atoms with Gasteiger partial charge in [0.1, 0.15) is 22.7 Å². The average Bonchev–Trinajstić information content (AvgIpc) is 3.66. The Bertz CT molecular complexity index is 1880. The highest BCUT2D eigenvalue weighted by Gasteiger charge is 2.30. The number of sulfonamides is 1. The Balaban J connectivity index is 1.35. The van der Waals surface area contributed by atoms with Crippen LogP contribution in [0.15, 0.2) is 65.3 Å². The van der Waals surface area contributed by atoms with E-state index in [9.17, 15) is 17.6 Å². The number of halogens is 3. The highest BCUT2D eigenvalue weighted by atomic mass is 35.5. The second-order valence-electron chi connectivity index (χ2n) is 9.48. The van der Waals surface area contributed by atoms with E-state index in [-0.39, 0.29) is 44.7 Å². The normalized spacial score (nSPS) is 14.3. The molecule has 1 fully saturated rings. The van der Waals surface area contributed by atoms with E-state index in [1.807, 2.05) is 0 Å². The lowest BCUT2D eigenvalue weighted by Crippen LogP contribution is -2.38.